The molecule has 0 aromatic heterocycles. The molecule has 1 rings (SSSR count). The summed E-state index contributed by atoms with van der Waals surface area (Å²) in [5.41, 5.74) is 0.371. The van der Waals surface area contributed by atoms with Crippen molar-refractivity contribution in [3.63, 3.8) is 0 Å². The van der Waals surface area contributed by atoms with Crippen molar-refractivity contribution in [2.45, 2.75) is 52.0 Å². The van der Waals surface area contributed by atoms with Crippen molar-refractivity contribution in [1.82, 2.24) is 0 Å². The summed E-state index contributed by atoms with van der Waals surface area (Å²) in [6.45, 7) is 10.5. The van der Waals surface area contributed by atoms with Crippen LogP contribution in [0.2, 0.25) is 0 Å². The lowest BCUT2D eigenvalue weighted by molar-refractivity contribution is 0.161. The van der Waals surface area contributed by atoms with Gasteiger partial charge in [-0.05, 0) is 26.0 Å². The Labute approximate surface area is 82.0 Å². The van der Waals surface area contributed by atoms with Gasteiger partial charge in [0.2, 0.25) is 0 Å². The highest BCUT2D eigenvalue weighted by molar-refractivity contribution is 5.38. The Morgan fingerprint density at radius 3 is 2.08 bits per heavy atom. The zero-order valence-electron chi connectivity index (χ0n) is 9.14. The Balaban J connectivity index is 2.90. The lowest BCUT2D eigenvalue weighted by atomic mass is 9.57. The lowest BCUT2D eigenvalue weighted by Gasteiger charge is -2.51. The van der Waals surface area contributed by atoms with E-state index in [0.29, 0.717) is 5.41 Å². The van der Waals surface area contributed by atoms with Crippen LogP contribution in [0.3, 0.4) is 0 Å². The zero-order valence-corrected chi connectivity index (χ0v) is 9.14. The van der Waals surface area contributed by atoms with Crippen LogP contribution in [0.25, 0.3) is 0 Å². The first-order valence-corrected chi connectivity index (χ1v) is 5.38. The molecule has 0 bridgehead atoms. The van der Waals surface area contributed by atoms with E-state index in [-0.39, 0.29) is 5.54 Å². The number of nitrogens with zero attached hydrogens (tertiary/aromatic N) is 1. The second kappa shape index (κ2) is 3.65. The fourth-order valence-corrected chi connectivity index (χ4v) is 2.65. The molecule has 0 N–H and O–H groups in total. The zero-order chi connectivity index (χ0) is 9.95. The molecule has 0 saturated carbocycles. The van der Waals surface area contributed by atoms with Gasteiger partial charge in [-0.15, -0.1) is 0 Å². The van der Waals surface area contributed by atoms with Gasteiger partial charge in [0, 0.05) is 5.41 Å². The maximum absolute atomic E-state index is 4.35. The highest BCUT2D eigenvalue weighted by Gasteiger charge is 2.50. The van der Waals surface area contributed by atoms with Crippen molar-refractivity contribution in [1.29, 1.82) is 0 Å². The molecule has 0 heterocycles. The average molecular weight is 179 g/mol. The highest BCUT2D eigenvalue weighted by atomic mass is 14.9. The van der Waals surface area contributed by atoms with Crippen LogP contribution in [0.5, 0.6) is 0 Å². The van der Waals surface area contributed by atoms with Gasteiger partial charge in [0.25, 0.3) is 0 Å². The lowest BCUT2D eigenvalue weighted by Crippen LogP contribution is -2.49. The molecule has 0 spiro atoms. The third-order valence-corrected chi connectivity index (χ3v) is 3.69. The fraction of sp³-hybridized carbons (Fsp3) is 0.750. The van der Waals surface area contributed by atoms with Crippen LogP contribution in [0.1, 0.15) is 46.5 Å². The van der Waals surface area contributed by atoms with Crippen molar-refractivity contribution in [2.75, 3.05) is 0 Å². The molecular weight excluding hydrogens is 158 g/mol. The van der Waals surface area contributed by atoms with Crippen molar-refractivity contribution in [3.8, 4) is 0 Å². The molecule has 1 aliphatic rings. The molecule has 1 aliphatic carbocycles. The van der Waals surface area contributed by atoms with Crippen LogP contribution < -0.4 is 0 Å². The molecule has 0 aromatic carbocycles. The predicted molar refractivity (Wildman–Crippen MR) is 59.3 cm³/mol. The van der Waals surface area contributed by atoms with E-state index in [2.05, 4.69) is 44.6 Å². The fourth-order valence-electron chi connectivity index (χ4n) is 2.65. The average Bonchev–Trinajstić information content (AvgIpc) is 2.15. The SMILES string of the molecule is C=NC1(CC)C=CC1(CC)CCC. The summed E-state index contributed by atoms with van der Waals surface area (Å²) in [6, 6.07) is 0. The molecule has 0 saturated heterocycles. The standard InChI is InChI=1S/C12H21N/c1-5-8-11(6-2)9-10-12(11,7-3)13-4/h9-10H,4-8H2,1-3H3. The van der Waals surface area contributed by atoms with Gasteiger partial charge < -0.3 is 0 Å². The van der Waals surface area contributed by atoms with Crippen LogP contribution >= 0.6 is 0 Å². The number of rotatable bonds is 5. The van der Waals surface area contributed by atoms with E-state index in [9.17, 15) is 0 Å². The molecule has 0 amide bonds. The molecule has 0 fully saturated rings. The van der Waals surface area contributed by atoms with Gasteiger partial charge in [-0.3, -0.25) is 4.99 Å². The molecule has 2 atom stereocenters. The summed E-state index contributed by atoms with van der Waals surface area (Å²) in [5.74, 6) is 0. The first-order valence-electron chi connectivity index (χ1n) is 5.38. The second-order valence-corrected chi connectivity index (χ2v) is 4.03. The molecule has 1 heteroatoms. The van der Waals surface area contributed by atoms with Gasteiger partial charge in [0.1, 0.15) is 0 Å². The van der Waals surface area contributed by atoms with E-state index >= 15 is 0 Å². The molecular formula is C12H21N. The topological polar surface area (TPSA) is 12.4 Å². The molecule has 2 unspecified atom stereocenters. The molecule has 0 aromatic rings. The van der Waals surface area contributed by atoms with E-state index < -0.39 is 0 Å². The van der Waals surface area contributed by atoms with E-state index in [4.69, 9.17) is 0 Å². The molecule has 0 radical (unpaired) electrons. The largest absolute Gasteiger partial charge is 0.289 e. The van der Waals surface area contributed by atoms with Gasteiger partial charge in [-0.1, -0.05) is 39.3 Å². The number of hydrogen-bond acceptors (Lipinski definition) is 1. The minimum absolute atomic E-state index is 0.0533. The first-order chi connectivity index (χ1) is 6.20. The van der Waals surface area contributed by atoms with Crippen molar-refractivity contribution >= 4 is 6.72 Å². The van der Waals surface area contributed by atoms with Crippen LogP contribution in [-0.2, 0) is 0 Å². The van der Waals surface area contributed by atoms with E-state index in [1.54, 1.807) is 0 Å². The van der Waals surface area contributed by atoms with Crippen LogP contribution in [-0.4, -0.2) is 12.3 Å². The molecule has 13 heavy (non-hydrogen) atoms. The summed E-state index contributed by atoms with van der Waals surface area (Å²) in [7, 11) is 0. The van der Waals surface area contributed by atoms with E-state index in [1.807, 2.05) is 0 Å². The highest BCUT2D eigenvalue weighted by Crippen LogP contribution is 2.53. The minimum Gasteiger partial charge on any atom is -0.289 e. The summed E-state index contributed by atoms with van der Waals surface area (Å²) in [5, 5.41) is 0. The smallest absolute Gasteiger partial charge is 0.0868 e. The predicted octanol–water partition coefficient (Wildman–Crippen LogP) is 3.60. The van der Waals surface area contributed by atoms with Crippen LogP contribution in [0.15, 0.2) is 17.1 Å². The Hall–Kier alpha value is -0.590. The Bertz CT molecular complexity index is 219. The second-order valence-electron chi connectivity index (χ2n) is 4.03. The number of hydrogen-bond donors (Lipinski definition) is 0. The van der Waals surface area contributed by atoms with Crippen LogP contribution in [0.4, 0.5) is 0 Å². The maximum Gasteiger partial charge on any atom is 0.0868 e. The normalized spacial score (nSPS) is 37.2. The van der Waals surface area contributed by atoms with E-state index in [0.717, 1.165) is 6.42 Å². The van der Waals surface area contributed by atoms with Gasteiger partial charge in [-0.2, -0.15) is 0 Å². The van der Waals surface area contributed by atoms with Crippen molar-refractivity contribution in [2.24, 2.45) is 10.4 Å². The third kappa shape index (κ3) is 1.25. The monoisotopic (exact) mass is 179 g/mol. The summed E-state index contributed by atoms with van der Waals surface area (Å²) >= 11 is 0. The Morgan fingerprint density at radius 1 is 1.15 bits per heavy atom. The van der Waals surface area contributed by atoms with Gasteiger partial charge in [0.05, 0.1) is 5.54 Å². The van der Waals surface area contributed by atoms with Gasteiger partial charge >= 0.3 is 0 Å². The minimum atomic E-state index is 0.0533. The molecule has 74 valence electrons. The van der Waals surface area contributed by atoms with Crippen LogP contribution in [0, 0.1) is 5.41 Å². The summed E-state index contributed by atoms with van der Waals surface area (Å²) in [6.07, 6.45) is 9.32. The molecule has 1 nitrogen and oxygen atoms in total. The Morgan fingerprint density at radius 2 is 1.85 bits per heavy atom. The number of aliphatic imine (C=N–C) groups is 1. The van der Waals surface area contributed by atoms with Crippen molar-refractivity contribution < 1.29 is 0 Å². The molecule has 0 aliphatic heterocycles. The summed E-state index contributed by atoms with van der Waals surface area (Å²) in [4.78, 5) is 4.35. The quantitative estimate of drug-likeness (QED) is 0.451. The maximum atomic E-state index is 4.35. The van der Waals surface area contributed by atoms with E-state index in [1.165, 1.54) is 19.3 Å². The first kappa shape index (κ1) is 10.5. The Kier molecular flexibility index (Phi) is 2.94. The van der Waals surface area contributed by atoms with Gasteiger partial charge in [0.15, 0.2) is 0 Å². The van der Waals surface area contributed by atoms with Gasteiger partial charge in [-0.25, -0.2) is 0 Å². The van der Waals surface area contributed by atoms with Crippen molar-refractivity contribution in [3.05, 3.63) is 12.2 Å². The third-order valence-electron chi connectivity index (χ3n) is 3.69. The summed E-state index contributed by atoms with van der Waals surface area (Å²) < 4.78 is 0.